The Kier molecular flexibility index (Phi) is 5.56. The fraction of sp³-hybridized carbons (Fsp3) is 0.214. The minimum atomic E-state index is -0.303. The standard InChI is InChI=1S/C14H15NO2/c1-2-10-15(11-12-16)14(17)9-8-13-6-4-3-5-7-13/h2-7,16H,1,10-12H2. The SMILES string of the molecule is C=CCN(CCO)C(=O)C#Cc1ccccc1. The van der Waals surface area contributed by atoms with Gasteiger partial charge in [0, 0.05) is 24.6 Å². The van der Waals surface area contributed by atoms with E-state index in [1.54, 1.807) is 6.08 Å². The summed E-state index contributed by atoms with van der Waals surface area (Å²) in [5.41, 5.74) is 0.795. The first-order valence-corrected chi connectivity index (χ1v) is 5.35. The molecule has 1 aromatic carbocycles. The van der Waals surface area contributed by atoms with E-state index in [-0.39, 0.29) is 19.1 Å². The average Bonchev–Trinajstić information content (AvgIpc) is 2.37. The van der Waals surface area contributed by atoms with Gasteiger partial charge in [-0.1, -0.05) is 30.2 Å². The van der Waals surface area contributed by atoms with Gasteiger partial charge < -0.3 is 10.0 Å². The maximum absolute atomic E-state index is 11.7. The molecule has 0 aliphatic heterocycles. The third-order valence-corrected chi connectivity index (χ3v) is 2.09. The van der Waals surface area contributed by atoms with Gasteiger partial charge in [0.1, 0.15) is 0 Å². The summed E-state index contributed by atoms with van der Waals surface area (Å²) in [7, 11) is 0. The summed E-state index contributed by atoms with van der Waals surface area (Å²) in [6.07, 6.45) is 1.61. The Bertz CT molecular complexity index is 429. The third kappa shape index (κ3) is 4.54. The quantitative estimate of drug-likeness (QED) is 0.619. The van der Waals surface area contributed by atoms with Crippen molar-refractivity contribution < 1.29 is 9.90 Å². The summed E-state index contributed by atoms with van der Waals surface area (Å²) in [5, 5.41) is 8.82. The van der Waals surface area contributed by atoms with Crippen molar-refractivity contribution in [1.82, 2.24) is 4.90 Å². The van der Waals surface area contributed by atoms with Crippen molar-refractivity contribution >= 4 is 5.91 Å². The maximum atomic E-state index is 11.7. The third-order valence-electron chi connectivity index (χ3n) is 2.09. The van der Waals surface area contributed by atoms with Gasteiger partial charge in [-0.25, -0.2) is 0 Å². The highest BCUT2D eigenvalue weighted by atomic mass is 16.3. The summed E-state index contributed by atoms with van der Waals surface area (Å²) in [6, 6.07) is 9.30. The Balaban J connectivity index is 2.70. The van der Waals surface area contributed by atoms with E-state index < -0.39 is 0 Å². The van der Waals surface area contributed by atoms with Gasteiger partial charge in [-0.3, -0.25) is 4.79 Å². The number of aliphatic hydroxyl groups is 1. The average molecular weight is 229 g/mol. The van der Waals surface area contributed by atoms with E-state index >= 15 is 0 Å². The predicted octanol–water partition coefficient (Wildman–Crippen LogP) is 1.05. The molecule has 88 valence electrons. The Labute approximate surface area is 101 Å². The molecule has 0 saturated heterocycles. The van der Waals surface area contributed by atoms with Crippen LogP contribution in [0.25, 0.3) is 0 Å². The molecule has 17 heavy (non-hydrogen) atoms. The molecule has 3 nitrogen and oxygen atoms in total. The van der Waals surface area contributed by atoms with Gasteiger partial charge in [0.2, 0.25) is 0 Å². The van der Waals surface area contributed by atoms with Crippen LogP contribution >= 0.6 is 0 Å². The predicted molar refractivity (Wildman–Crippen MR) is 67.2 cm³/mol. The van der Waals surface area contributed by atoms with E-state index in [1.807, 2.05) is 30.3 Å². The summed E-state index contributed by atoms with van der Waals surface area (Å²) in [5.74, 6) is 5.03. The number of aliphatic hydroxyl groups excluding tert-OH is 1. The largest absolute Gasteiger partial charge is 0.395 e. The molecule has 1 N–H and O–H groups in total. The summed E-state index contributed by atoms with van der Waals surface area (Å²) in [4.78, 5) is 13.1. The molecule has 0 aliphatic carbocycles. The van der Waals surface area contributed by atoms with E-state index in [0.29, 0.717) is 6.54 Å². The highest BCUT2D eigenvalue weighted by molar-refractivity contribution is 5.94. The highest BCUT2D eigenvalue weighted by Gasteiger charge is 2.07. The van der Waals surface area contributed by atoms with E-state index in [2.05, 4.69) is 18.4 Å². The van der Waals surface area contributed by atoms with Gasteiger partial charge in [-0.2, -0.15) is 0 Å². The first kappa shape index (κ1) is 13.0. The second-order valence-electron chi connectivity index (χ2n) is 3.38. The number of hydrogen-bond donors (Lipinski definition) is 1. The lowest BCUT2D eigenvalue weighted by molar-refractivity contribution is -0.125. The molecule has 0 atom stereocenters. The molecular formula is C14H15NO2. The van der Waals surface area contributed by atoms with E-state index in [4.69, 9.17) is 5.11 Å². The number of amides is 1. The second-order valence-corrected chi connectivity index (χ2v) is 3.38. The molecule has 0 saturated carbocycles. The lowest BCUT2D eigenvalue weighted by Gasteiger charge is -2.16. The van der Waals surface area contributed by atoms with E-state index in [0.717, 1.165) is 5.56 Å². The van der Waals surface area contributed by atoms with Gasteiger partial charge in [0.25, 0.3) is 5.91 Å². The number of rotatable bonds is 4. The number of carbonyl (C=O) groups excluding carboxylic acids is 1. The van der Waals surface area contributed by atoms with Gasteiger partial charge in [0.05, 0.1) is 6.61 Å². The van der Waals surface area contributed by atoms with Crippen molar-refractivity contribution in [2.75, 3.05) is 19.7 Å². The van der Waals surface area contributed by atoms with Crippen molar-refractivity contribution in [1.29, 1.82) is 0 Å². The zero-order valence-electron chi connectivity index (χ0n) is 9.60. The zero-order valence-corrected chi connectivity index (χ0v) is 9.60. The molecular weight excluding hydrogens is 214 g/mol. The van der Waals surface area contributed by atoms with E-state index in [1.165, 1.54) is 4.90 Å². The molecule has 1 amide bonds. The summed E-state index contributed by atoms with van der Waals surface area (Å²) in [6.45, 7) is 4.15. The van der Waals surface area contributed by atoms with Crippen LogP contribution in [0.4, 0.5) is 0 Å². The van der Waals surface area contributed by atoms with Crippen LogP contribution in [0.15, 0.2) is 43.0 Å². The summed E-state index contributed by atoms with van der Waals surface area (Å²) >= 11 is 0. The molecule has 3 heteroatoms. The topological polar surface area (TPSA) is 40.5 Å². The number of carbonyl (C=O) groups is 1. The Morgan fingerprint density at radius 2 is 2.12 bits per heavy atom. The van der Waals surface area contributed by atoms with Gasteiger partial charge in [0.15, 0.2) is 0 Å². The van der Waals surface area contributed by atoms with Crippen LogP contribution < -0.4 is 0 Å². The Morgan fingerprint density at radius 1 is 1.41 bits per heavy atom. The first-order chi connectivity index (χ1) is 8.27. The van der Waals surface area contributed by atoms with Gasteiger partial charge in [-0.15, -0.1) is 6.58 Å². The minimum absolute atomic E-state index is 0.0768. The van der Waals surface area contributed by atoms with Crippen LogP contribution in [0, 0.1) is 11.8 Å². The smallest absolute Gasteiger partial charge is 0.299 e. The van der Waals surface area contributed by atoms with Crippen LogP contribution in [0.5, 0.6) is 0 Å². The molecule has 1 rings (SSSR count). The van der Waals surface area contributed by atoms with Crippen molar-refractivity contribution in [2.45, 2.75) is 0 Å². The molecule has 0 bridgehead atoms. The number of benzene rings is 1. The number of nitrogens with zero attached hydrogens (tertiary/aromatic N) is 1. The first-order valence-electron chi connectivity index (χ1n) is 5.35. The Morgan fingerprint density at radius 3 is 2.71 bits per heavy atom. The van der Waals surface area contributed by atoms with Crippen LogP contribution in [-0.4, -0.2) is 35.6 Å². The second kappa shape index (κ2) is 7.26. The summed E-state index contributed by atoms with van der Waals surface area (Å²) < 4.78 is 0. The normalized spacial score (nSPS) is 9.00. The van der Waals surface area contributed by atoms with Crippen molar-refractivity contribution in [3.05, 3.63) is 48.6 Å². The lowest BCUT2D eigenvalue weighted by atomic mass is 10.2. The fourth-order valence-electron chi connectivity index (χ4n) is 1.28. The fourth-order valence-corrected chi connectivity index (χ4v) is 1.28. The van der Waals surface area contributed by atoms with Crippen molar-refractivity contribution in [2.24, 2.45) is 0 Å². The Hall–Kier alpha value is -2.05. The lowest BCUT2D eigenvalue weighted by Crippen LogP contribution is -2.32. The van der Waals surface area contributed by atoms with Crippen LogP contribution in [-0.2, 0) is 4.79 Å². The molecule has 1 aromatic rings. The van der Waals surface area contributed by atoms with Gasteiger partial charge in [-0.05, 0) is 12.1 Å². The minimum Gasteiger partial charge on any atom is -0.395 e. The maximum Gasteiger partial charge on any atom is 0.299 e. The van der Waals surface area contributed by atoms with Crippen molar-refractivity contribution in [3.8, 4) is 11.8 Å². The molecule has 0 aromatic heterocycles. The highest BCUT2D eigenvalue weighted by Crippen LogP contribution is 1.95. The molecule has 0 unspecified atom stereocenters. The molecule has 0 aliphatic rings. The molecule has 0 radical (unpaired) electrons. The molecule has 0 fully saturated rings. The van der Waals surface area contributed by atoms with Crippen LogP contribution in [0.2, 0.25) is 0 Å². The van der Waals surface area contributed by atoms with E-state index in [9.17, 15) is 4.79 Å². The zero-order chi connectivity index (χ0) is 12.5. The van der Waals surface area contributed by atoms with Crippen molar-refractivity contribution in [3.63, 3.8) is 0 Å². The van der Waals surface area contributed by atoms with Gasteiger partial charge >= 0.3 is 0 Å². The van der Waals surface area contributed by atoms with Crippen LogP contribution in [0.3, 0.4) is 0 Å². The number of hydrogen-bond acceptors (Lipinski definition) is 2. The molecule has 0 spiro atoms. The molecule has 0 heterocycles. The van der Waals surface area contributed by atoms with Crippen LogP contribution in [0.1, 0.15) is 5.56 Å². The monoisotopic (exact) mass is 229 g/mol.